The van der Waals surface area contributed by atoms with E-state index in [4.69, 9.17) is 8.83 Å². The Morgan fingerprint density at radius 2 is 1.15 bits per heavy atom. The van der Waals surface area contributed by atoms with Gasteiger partial charge in [-0.05, 0) is 52.5 Å². The Labute approximate surface area is 209 Å². The maximum absolute atomic E-state index is 5.85. The first-order chi connectivity index (χ1) is 16.0. The van der Waals surface area contributed by atoms with Crippen molar-refractivity contribution in [3.63, 3.8) is 0 Å². The van der Waals surface area contributed by atoms with Crippen molar-refractivity contribution >= 4 is 46.9 Å². The third kappa shape index (κ3) is 9.62. The maximum atomic E-state index is 5.85. The number of nitrogens with one attached hydrogen (secondary N) is 2. The molecule has 3 rings (SSSR count). The number of hydrogen-bond donors (Lipinski definition) is 2. The topological polar surface area (TPSA) is 82.6 Å². The van der Waals surface area contributed by atoms with E-state index in [2.05, 4.69) is 53.4 Å². The molecule has 3 heterocycles. The standard InChI is InChI=1S/C22H34N6O2S3/c1-27(2)13-17-5-7-19(29-17)15-31-11-9-23-21-22(26-33-25-21)24-10-12-32-16-20-8-6-18(30-20)14-28(3)4/h5-8H,9-16H2,1-4H3,(H,23,25)(H,24,26). The Balaban J connectivity index is 1.27. The van der Waals surface area contributed by atoms with Crippen LogP contribution in [0.2, 0.25) is 0 Å². The smallest absolute Gasteiger partial charge is 0.184 e. The fraction of sp³-hybridized carbons (Fsp3) is 0.545. The molecule has 0 amide bonds. The molecule has 3 aromatic rings. The zero-order valence-electron chi connectivity index (χ0n) is 19.8. The molecule has 33 heavy (non-hydrogen) atoms. The van der Waals surface area contributed by atoms with Crippen LogP contribution >= 0.6 is 35.3 Å². The summed E-state index contributed by atoms with van der Waals surface area (Å²) in [6.45, 7) is 3.33. The Kier molecular flexibility index (Phi) is 10.9. The number of furan rings is 2. The summed E-state index contributed by atoms with van der Waals surface area (Å²) < 4.78 is 20.5. The molecule has 0 aromatic carbocycles. The summed E-state index contributed by atoms with van der Waals surface area (Å²) in [5.41, 5.74) is 0. The number of aromatic nitrogens is 2. The summed E-state index contributed by atoms with van der Waals surface area (Å²) in [7, 11) is 8.17. The average Bonchev–Trinajstić information content (AvgIpc) is 3.49. The van der Waals surface area contributed by atoms with E-state index in [-0.39, 0.29) is 0 Å². The summed E-state index contributed by atoms with van der Waals surface area (Å²) in [5.74, 6) is 9.41. The summed E-state index contributed by atoms with van der Waals surface area (Å²) in [6.07, 6.45) is 0. The van der Waals surface area contributed by atoms with Crippen LogP contribution in [0.1, 0.15) is 23.0 Å². The molecule has 0 fully saturated rings. The number of anilines is 2. The normalized spacial score (nSPS) is 11.6. The van der Waals surface area contributed by atoms with E-state index < -0.39 is 0 Å². The van der Waals surface area contributed by atoms with Crippen molar-refractivity contribution in [1.82, 2.24) is 18.5 Å². The lowest BCUT2D eigenvalue weighted by atomic mass is 10.4. The molecule has 8 nitrogen and oxygen atoms in total. The molecular formula is C22H34N6O2S3. The largest absolute Gasteiger partial charge is 0.464 e. The van der Waals surface area contributed by atoms with Crippen LogP contribution < -0.4 is 10.6 Å². The van der Waals surface area contributed by atoms with Gasteiger partial charge >= 0.3 is 0 Å². The Hall–Kier alpha value is -1.66. The van der Waals surface area contributed by atoms with Crippen LogP contribution in [0.5, 0.6) is 0 Å². The lowest BCUT2D eigenvalue weighted by Gasteiger charge is -2.07. The lowest BCUT2D eigenvalue weighted by Crippen LogP contribution is -2.10. The van der Waals surface area contributed by atoms with Crippen LogP contribution in [-0.4, -0.2) is 71.3 Å². The molecule has 0 aliphatic heterocycles. The first kappa shape index (κ1) is 26.0. The number of rotatable bonds is 16. The molecule has 3 aromatic heterocycles. The third-order valence-corrected chi connectivity index (χ3v) is 6.92. The molecule has 0 aliphatic rings. The molecule has 0 bridgehead atoms. The van der Waals surface area contributed by atoms with Gasteiger partial charge < -0.3 is 29.3 Å². The van der Waals surface area contributed by atoms with Gasteiger partial charge in [-0.2, -0.15) is 32.3 Å². The first-order valence-corrected chi connectivity index (χ1v) is 13.9. The zero-order chi connectivity index (χ0) is 23.5. The number of thioether (sulfide) groups is 2. The SMILES string of the molecule is CN(C)Cc1ccc(CSCCNc2nsnc2NCCSCc2ccc(CN(C)C)o2)o1. The monoisotopic (exact) mass is 510 g/mol. The molecule has 11 heteroatoms. The van der Waals surface area contributed by atoms with E-state index in [0.717, 1.165) is 83.9 Å². The second kappa shape index (κ2) is 13.9. The highest BCUT2D eigenvalue weighted by Gasteiger charge is 2.08. The second-order valence-corrected chi connectivity index (χ2v) is 10.9. The summed E-state index contributed by atoms with van der Waals surface area (Å²) in [5, 5.41) is 6.77. The molecule has 0 spiro atoms. The highest BCUT2D eigenvalue weighted by Crippen LogP contribution is 2.21. The highest BCUT2D eigenvalue weighted by atomic mass is 32.2. The van der Waals surface area contributed by atoms with E-state index >= 15 is 0 Å². The van der Waals surface area contributed by atoms with E-state index in [1.54, 1.807) is 0 Å². The van der Waals surface area contributed by atoms with Crippen molar-refractivity contribution in [2.45, 2.75) is 24.6 Å². The van der Waals surface area contributed by atoms with Crippen LogP contribution in [0, 0.1) is 0 Å². The van der Waals surface area contributed by atoms with Crippen molar-refractivity contribution in [1.29, 1.82) is 0 Å². The predicted octanol–water partition coefficient (Wildman–Crippen LogP) is 4.54. The van der Waals surface area contributed by atoms with Crippen molar-refractivity contribution in [2.75, 3.05) is 63.4 Å². The fourth-order valence-electron chi connectivity index (χ4n) is 3.04. The van der Waals surface area contributed by atoms with E-state index in [9.17, 15) is 0 Å². The predicted molar refractivity (Wildman–Crippen MR) is 141 cm³/mol. The summed E-state index contributed by atoms with van der Waals surface area (Å²) in [4.78, 5) is 4.21. The van der Waals surface area contributed by atoms with Gasteiger partial charge in [-0.25, -0.2) is 0 Å². The van der Waals surface area contributed by atoms with Crippen LogP contribution in [0.15, 0.2) is 33.1 Å². The summed E-state index contributed by atoms with van der Waals surface area (Å²) >= 11 is 4.91. The van der Waals surface area contributed by atoms with Crippen LogP contribution in [0.4, 0.5) is 11.6 Å². The van der Waals surface area contributed by atoms with Crippen molar-refractivity contribution in [2.24, 2.45) is 0 Å². The van der Waals surface area contributed by atoms with Crippen LogP contribution in [0.25, 0.3) is 0 Å². The quantitative estimate of drug-likeness (QED) is 0.268. The number of nitrogens with zero attached hydrogens (tertiary/aromatic N) is 4. The second-order valence-electron chi connectivity index (χ2n) is 8.13. The molecular weight excluding hydrogens is 476 g/mol. The fourth-order valence-corrected chi connectivity index (χ4v) is 5.04. The molecule has 0 unspecified atom stereocenters. The van der Waals surface area contributed by atoms with Gasteiger partial charge in [0.25, 0.3) is 0 Å². The molecule has 2 N–H and O–H groups in total. The van der Waals surface area contributed by atoms with Gasteiger partial charge in [0.2, 0.25) is 0 Å². The lowest BCUT2D eigenvalue weighted by molar-refractivity contribution is 0.344. The van der Waals surface area contributed by atoms with Gasteiger partial charge in [-0.3, -0.25) is 0 Å². The Bertz CT molecular complexity index is 867. The first-order valence-electron chi connectivity index (χ1n) is 10.9. The van der Waals surface area contributed by atoms with Gasteiger partial charge in [0.1, 0.15) is 23.0 Å². The molecule has 182 valence electrons. The van der Waals surface area contributed by atoms with Gasteiger partial charge in [-0.1, -0.05) is 0 Å². The minimum absolute atomic E-state index is 0.830. The van der Waals surface area contributed by atoms with Crippen LogP contribution in [-0.2, 0) is 24.6 Å². The van der Waals surface area contributed by atoms with E-state index in [1.165, 1.54) is 11.7 Å². The zero-order valence-corrected chi connectivity index (χ0v) is 22.2. The molecule has 0 saturated carbocycles. The Morgan fingerprint density at radius 3 is 1.58 bits per heavy atom. The molecule has 0 aliphatic carbocycles. The van der Waals surface area contributed by atoms with Crippen LogP contribution in [0.3, 0.4) is 0 Å². The molecule has 0 saturated heterocycles. The van der Waals surface area contributed by atoms with E-state index in [1.807, 2.05) is 51.7 Å². The maximum Gasteiger partial charge on any atom is 0.184 e. The number of hydrogen-bond acceptors (Lipinski definition) is 11. The minimum atomic E-state index is 0.830. The van der Waals surface area contributed by atoms with E-state index in [0.29, 0.717) is 0 Å². The Morgan fingerprint density at radius 1 is 0.727 bits per heavy atom. The average molecular weight is 511 g/mol. The minimum Gasteiger partial charge on any atom is -0.464 e. The third-order valence-electron chi connectivity index (χ3n) is 4.43. The van der Waals surface area contributed by atoms with Gasteiger partial charge in [-0.15, -0.1) is 0 Å². The molecule has 0 atom stereocenters. The van der Waals surface area contributed by atoms with Crippen molar-refractivity contribution in [3.8, 4) is 0 Å². The van der Waals surface area contributed by atoms with Gasteiger partial charge in [0.15, 0.2) is 11.6 Å². The van der Waals surface area contributed by atoms with Gasteiger partial charge in [0.05, 0.1) is 36.3 Å². The van der Waals surface area contributed by atoms with Gasteiger partial charge in [0, 0.05) is 24.6 Å². The van der Waals surface area contributed by atoms with Crippen molar-refractivity contribution in [3.05, 3.63) is 47.3 Å². The molecule has 0 radical (unpaired) electrons. The van der Waals surface area contributed by atoms with Crippen molar-refractivity contribution < 1.29 is 8.83 Å². The highest BCUT2D eigenvalue weighted by molar-refractivity contribution is 7.98. The summed E-state index contributed by atoms with van der Waals surface area (Å²) in [6, 6.07) is 8.25.